The predicted octanol–water partition coefficient (Wildman–Crippen LogP) is 1.33. The Labute approximate surface area is 105 Å². The molecule has 4 heteroatoms. The lowest BCUT2D eigenvalue weighted by atomic mass is 9.90. The number of allylic oxidation sites excluding steroid dienone is 2. The average Bonchev–Trinajstić information content (AvgIpc) is 3.16. The minimum Gasteiger partial charge on any atom is -0.394 e. The topological polar surface area (TPSA) is 63.2 Å². The number of rotatable bonds is 2. The molecule has 2 N–H and O–H groups in total. The molecule has 2 aliphatic rings. The summed E-state index contributed by atoms with van der Waals surface area (Å²) in [5.74, 6) is -0.361. The van der Waals surface area contributed by atoms with Crippen molar-refractivity contribution in [2.45, 2.75) is 19.4 Å². The van der Waals surface area contributed by atoms with Gasteiger partial charge in [0.25, 0.3) is 0 Å². The van der Waals surface area contributed by atoms with Gasteiger partial charge in [0, 0.05) is 23.7 Å². The molecule has 1 aromatic rings. The van der Waals surface area contributed by atoms with Crippen LogP contribution in [0.5, 0.6) is 0 Å². The van der Waals surface area contributed by atoms with Crippen molar-refractivity contribution in [3.8, 4) is 0 Å². The number of carbonyl (C=O) groups is 2. The van der Waals surface area contributed by atoms with Crippen molar-refractivity contribution in [2.75, 3.05) is 6.54 Å². The van der Waals surface area contributed by atoms with E-state index in [-0.39, 0.29) is 17.3 Å². The fourth-order valence-corrected chi connectivity index (χ4v) is 2.47. The number of fused-ring (bicyclic) bond motifs is 1. The van der Waals surface area contributed by atoms with Crippen molar-refractivity contribution < 1.29 is 9.59 Å². The molecule has 1 heterocycles. The van der Waals surface area contributed by atoms with Gasteiger partial charge in [-0.2, -0.15) is 0 Å². The molecule has 1 aliphatic heterocycles. The standard InChI is InChI=1S/C14H14N2O2/c1-2-8-7-16(8)12-11(15)13(17)9-5-3-4-6-10(9)14(12)18/h3-6,8H,2,7,15H2,1H3. The smallest absolute Gasteiger partial charge is 0.212 e. The second kappa shape index (κ2) is 3.70. The van der Waals surface area contributed by atoms with Gasteiger partial charge in [0.05, 0.1) is 0 Å². The minimum absolute atomic E-state index is 0.0923. The van der Waals surface area contributed by atoms with E-state index in [4.69, 9.17) is 5.73 Å². The maximum absolute atomic E-state index is 12.4. The number of Topliss-reactive ketones (excluding diaryl/α,β-unsaturated/α-hetero) is 2. The summed E-state index contributed by atoms with van der Waals surface area (Å²) in [5.41, 5.74) is 7.22. The summed E-state index contributed by atoms with van der Waals surface area (Å²) >= 11 is 0. The Morgan fingerprint density at radius 3 is 2.39 bits per heavy atom. The number of hydrogen-bond donors (Lipinski definition) is 1. The van der Waals surface area contributed by atoms with E-state index in [0.717, 1.165) is 13.0 Å². The van der Waals surface area contributed by atoms with E-state index in [1.54, 1.807) is 24.3 Å². The number of nitrogens with two attached hydrogens (primary N) is 1. The fraction of sp³-hybridized carbons (Fsp3) is 0.286. The number of nitrogens with zero attached hydrogens (tertiary/aromatic N) is 1. The van der Waals surface area contributed by atoms with E-state index in [1.165, 1.54) is 0 Å². The zero-order valence-corrected chi connectivity index (χ0v) is 10.1. The quantitative estimate of drug-likeness (QED) is 0.795. The highest BCUT2D eigenvalue weighted by Crippen LogP contribution is 2.34. The third-order valence-electron chi connectivity index (χ3n) is 3.60. The first-order valence-corrected chi connectivity index (χ1v) is 6.10. The third kappa shape index (κ3) is 1.38. The first-order chi connectivity index (χ1) is 8.65. The van der Waals surface area contributed by atoms with Crippen LogP contribution in [0.2, 0.25) is 0 Å². The molecule has 3 rings (SSSR count). The second-order valence-electron chi connectivity index (χ2n) is 4.68. The van der Waals surface area contributed by atoms with Crippen LogP contribution < -0.4 is 5.73 Å². The molecule has 1 fully saturated rings. The molecule has 18 heavy (non-hydrogen) atoms. The normalized spacial score (nSPS) is 22.3. The van der Waals surface area contributed by atoms with Crippen LogP contribution in [0.1, 0.15) is 34.1 Å². The van der Waals surface area contributed by atoms with Gasteiger partial charge in [0.2, 0.25) is 11.6 Å². The molecule has 1 saturated heterocycles. The van der Waals surface area contributed by atoms with Crippen molar-refractivity contribution >= 4 is 11.6 Å². The number of ketones is 2. The van der Waals surface area contributed by atoms with Crippen molar-refractivity contribution in [2.24, 2.45) is 5.73 Å². The third-order valence-corrected chi connectivity index (χ3v) is 3.60. The Kier molecular flexibility index (Phi) is 2.26. The zero-order valence-electron chi connectivity index (χ0n) is 10.1. The van der Waals surface area contributed by atoms with Gasteiger partial charge in [0.1, 0.15) is 11.4 Å². The van der Waals surface area contributed by atoms with Crippen molar-refractivity contribution in [1.82, 2.24) is 4.90 Å². The SMILES string of the molecule is CCC1CN1C1=C(N)C(=O)c2ccccc2C1=O. The maximum atomic E-state index is 12.4. The van der Waals surface area contributed by atoms with E-state index in [0.29, 0.717) is 22.9 Å². The molecule has 92 valence electrons. The van der Waals surface area contributed by atoms with E-state index < -0.39 is 0 Å². The first-order valence-electron chi connectivity index (χ1n) is 6.10. The zero-order chi connectivity index (χ0) is 12.9. The van der Waals surface area contributed by atoms with E-state index in [1.807, 2.05) is 4.90 Å². The summed E-state index contributed by atoms with van der Waals surface area (Å²) in [6, 6.07) is 7.20. The lowest BCUT2D eigenvalue weighted by Gasteiger charge is -2.19. The molecule has 0 saturated carbocycles. The van der Waals surface area contributed by atoms with Crippen molar-refractivity contribution in [1.29, 1.82) is 0 Å². The molecule has 1 atom stereocenters. The van der Waals surface area contributed by atoms with Gasteiger partial charge >= 0.3 is 0 Å². The van der Waals surface area contributed by atoms with Gasteiger partial charge in [-0.1, -0.05) is 31.2 Å². The highest BCUT2D eigenvalue weighted by molar-refractivity contribution is 6.26. The van der Waals surface area contributed by atoms with Gasteiger partial charge in [-0.25, -0.2) is 0 Å². The van der Waals surface area contributed by atoms with Crippen LogP contribution in [0.3, 0.4) is 0 Å². The summed E-state index contributed by atoms with van der Waals surface area (Å²) in [6.07, 6.45) is 0.958. The first kappa shape index (κ1) is 11.0. The molecule has 4 nitrogen and oxygen atoms in total. The van der Waals surface area contributed by atoms with Gasteiger partial charge in [-0.15, -0.1) is 0 Å². The Balaban J connectivity index is 2.09. The van der Waals surface area contributed by atoms with Gasteiger partial charge < -0.3 is 10.6 Å². The summed E-state index contributed by atoms with van der Waals surface area (Å²) in [6.45, 7) is 2.87. The summed E-state index contributed by atoms with van der Waals surface area (Å²) < 4.78 is 0. The molecule has 1 aromatic carbocycles. The maximum Gasteiger partial charge on any atom is 0.212 e. The van der Waals surface area contributed by atoms with E-state index >= 15 is 0 Å². The molecular formula is C14H14N2O2. The van der Waals surface area contributed by atoms with E-state index in [2.05, 4.69) is 6.92 Å². The van der Waals surface area contributed by atoms with Gasteiger partial charge in [-0.3, -0.25) is 9.59 Å². The summed E-state index contributed by atoms with van der Waals surface area (Å²) in [7, 11) is 0. The Hall–Kier alpha value is -2.10. The van der Waals surface area contributed by atoms with Crippen LogP contribution in [-0.2, 0) is 0 Å². The summed E-state index contributed by atoms with van der Waals surface area (Å²) in [4.78, 5) is 26.4. The lowest BCUT2D eigenvalue weighted by molar-refractivity contribution is 0.0957. The van der Waals surface area contributed by atoms with Gasteiger partial charge in [-0.05, 0) is 6.42 Å². The largest absolute Gasteiger partial charge is 0.394 e. The highest BCUT2D eigenvalue weighted by Gasteiger charge is 2.42. The van der Waals surface area contributed by atoms with E-state index in [9.17, 15) is 9.59 Å². The average molecular weight is 242 g/mol. The Morgan fingerprint density at radius 2 is 1.83 bits per heavy atom. The lowest BCUT2D eigenvalue weighted by Crippen LogP contribution is -2.30. The monoisotopic (exact) mass is 242 g/mol. The van der Waals surface area contributed by atoms with Crippen molar-refractivity contribution in [3.63, 3.8) is 0 Å². The fourth-order valence-electron chi connectivity index (χ4n) is 2.47. The molecule has 0 radical (unpaired) electrons. The molecule has 0 amide bonds. The number of carbonyl (C=O) groups excluding carboxylic acids is 2. The highest BCUT2D eigenvalue weighted by atomic mass is 16.1. The Bertz CT molecular complexity index is 589. The van der Waals surface area contributed by atoms with Crippen molar-refractivity contribution in [3.05, 3.63) is 46.8 Å². The molecule has 0 aromatic heterocycles. The molecule has 0 spiro atoms. The van der Waals surface area contributed by atoms with Crippen LogP contribution in [0, 0.1) is 0 Å². The van der Waals surface area contributed by atoms with Gasteiger partial charge in [0.15, 0.2) is 0 Å². The number of hydrogen-bond acceptors (Lipinski definition) is 4. The number of benzene rings is 1. The second-order valence-corrected chi connectivity index (χ2v) is 4.68. The van der Waals surface area contributed by atoms with Crippen LogP contribution >= 0.6 is 0 Å². The minimum atomic E-state index is -0.234. The van der Waals surface area contributed by atoms with Crippen LogP contribution in [0.25, 0.3) is 0 Å². The molecule has 1 aliphatic carbocycles. The van der Waals surface area contributed by atoms with Crippen LogP contribution in [-0.4, -0.2) is 29.1 Å². The summed E-state index contributed by atoms with van der Waals surface area (Å²) in [5, 5.41) is 0. The molecular weight excluding hydrogens is 228 g/mol. The van der Waals surface area contributed by atoms with Crippen LogP contribution in [0.15, 0.2) is 35.7 Å². The molecule has 1 unspecified atom stereocenters. The molecule has 0 bridgehead atoms. The predicted molar refractivity (Wildman–Crippen MR) is 67.1 cm³/mol. The Morgan fingerprint density at radius 1 is 1.22 bits per heavy atom. The van der Waals surface area contributed by atoms with Crippen LogP contribution in [0.4, 0.5) is 0 Å².